The van der Waals surface area contributed by atoms with E-state index in [1.807, 2.05) is 0 Å². The van der Waals surface area contributed by atoms with Crippen LogP contribution in [0.3, 0.4) is 0 Å². The van der Waals surface area contributed by atoms with Crippen LogP contribution in [0.4, 0.5) is 17.1 Å². The average Bonchev–Trinajstić information content (AvgIpc) is 3.33. The molecule has 0 radical (unpaired) electrons. The molecule has 0 aromatic heterocycles. The van der Waals surface area contributed by atoms with E-state index in [9.17, 15) is 35.4 Å². The smallest absolute Gasteiger partial charge is 0.283 e. The molecule has 5 aromatic carbocycles. The zero-order valence-corrected chi connectivity index (χ0v) is 19.5. The van der Waals surface area contributed by atoms with Gasteiger partial charge in [-0.1, -0.05) is 48.5 Å². The Morgan fingerprint density at radius 2 is 1.27 bits per heavy atom. The van der Waals surface area contributed by atoms with E-state index in [2.05, 4.69) is 61.5 Å². The van der Waals surface area contributed by atoms with Crippen LogP contribution in [-0.4, -0.2) is 14.8 Å². The van der Waals surface area contributed by atoms with Crippen molar-refractivity contribution in [1.82, 2.24) is 0 Å². The second-order valence-electron chi connectivity index (χ2n) is 8.78. The lowest BCUT2D eigenvalue weighted by Gasteiger charge is -2.11. The molecule has 0 saturated carbocycles. The maximum absolute atomic E-state index is 11.1. The summed E-state index contributed by atoms with van der Waals surface area (Å²) in [7, 11) is 0. The van der Waals surface area contributed by atoms with Crippen molar-refractivity contribution >= 4 is 49.4 Å². The third kappa shape index (κ3) is 3.94. The highest BCUT2D eigenvalue weighted by Gasteiger charge is 2.24. The van der Waals surface area contributed by atoms with E-state index in [4.69, 9.17) is 0 Å². The first-order valence-corrected chi connectivity index (χ1v) is 11.3. The highest BCUT2D eigenvalue weighted by Crippen LogP contribution is 2.40. The molecule has 0 atom stereocenters. The molecule has 0 spiro atoms. The van der Waals surface area contributed by atoms with Gasteiger partial charge in [0.15, 0.2) is 0 Å². The first-order valence-electron chi connectivity index (χ1n) is 11.3. The predicted molar refractivity (Wildman–Crippen MR) is 137 cm³/mol. The average molecular weight is 496 g/mol. The van der Waals surface area contributed by atoms with Gasteiger partial charge in [0.2, 0.25) is 0 Å². The topological polar surface area (TPSA) is 152 Å². The lowest BCUT2D eigenvalue weighted by Crippen LogP contribution is -2.04. The maximum Gasteiger partial charge on any atom is 0.283 e. The van der Waals surface area contributed by atoms with Crippen molar-refractivity contribution in [2.45, 2.75) is 19.8 Å². The fourth-order valence-electron chi connectivity index (χ4n) is 5.04. The van der Waals surface area contributed by atoms with Crippen molar-refractivity contribution < 1.29 is 19.9 Å². The van der Waals surface area contributed by atoms with Gasteiger partial charge in [-0.3, -0.25) is 30.3 Å². The summed E-state index contributed by atoms with van der Waals surface area (Å²) in [5, 5.41) is 50.6. The van der Waals surface area contributed by atoms with E-state index in [1.54, 1.807) is 11.1 Å². The normalized spacial score (nSPS) is 11.9. The second kappa shape index (κ2) is 8.83. The molecule has 0 N–H and O–H groups in total. The number of hydrogen-bond donors (Lipinski definition) is 0. The molecule has 1 aliphatic carbocycles. The molecule has 5 aromatic rings. The molecule has 10 heteroatoms. The van der Waals surface area contributed by atoms with Gasteiger partial charge >= 0.3 is 0 Å². The number of nitro benzene ring substituents is 3. The Bertz CT molecular complexity index is 1760. The Hall–Kier alpha value is -5.12. The van der Waals surface area contributed by atoms with Crippen LogP contribution in [-0.2, 0) is 12.8 Å². The molecule has 0 heterocycles. The maximum atomic E-state index is 11.1. The van der Waals surface area contributed by atoms with E-state index in [-0.39, 0.29) is 0 Å². The van der Waals surface area contributed by atoms with E-state index in [0.717, 1.165) is 0 Å². The number of hydrogen-bond acceptors (Lipinski definition) is 7. The molecule has 0 saturated heterocycles. The third-order valence-corrected chi connectivity index (χ3v) is 6.74. The summed E-state index contributed by atoms with van der Waals surface area (Å²) in [5.41, 5.74) is 1.31. The Labute approximate surface area is 208 Å². The molecular formula is C27H18N3O7-. The van der Waals surface area contributed by atoms with Crippen LogP contribution in [0.25, 0.3) is 32.3 Å². The molecule has 0 aliphatic heterocycles. The number of nitro groups is 3. The molecule has 1 aliphatic rings. The molecule has 0 fully saturated rings. The standard InChI is InChI=1S/C21H16.C6H3N3O7/c1-13-6-7-15-12-20-17-5-3-2-4-14(17)8-9-18(20)19-11-10-16(13)21(15)19;10-6-4(8(13)14)1-3(7(11)12)2-5(6)9(15)16/h2-9,12H,10-11H2,1H3;1-2,10H/p-1. The van der Waals surface area contributed by atoms with Crippen molar-refractivity contribution in [1.29, 1.82) is 0 Å². The van der Waals surface area contributed by atoms with Crippen LogP contribution < -0.4 is 5.11 Å². The summed E-state index contributed by atoms with van der Waals surface area (Å²) < 4.78 is 0. The van der Waals surface area contributed by atoms with Gasteiger partial charge in [-0.2, -0.15) is 0 Å². The minimum Gasteiger partial charge on any atom is -0.863 e. The van der Waals surface area contributed by atoms with Gasteiger partial charge in [-0.15, -0.1) is 0 Å². The second-order valence-corrected chi connectivity index (χ2v) is 8.78. The van der Waals surface area contributed by atoms with Gasteiger partial charge in [0, 0.05) is 0 Å². The van der Waals surface area contributed by atoms with Crippen LogP contribution >= 0.6 is 0 Å². The van der Waals surface area contributed by atoms with Gasteiger partial charge in [0.25, 0.3) is 17.1 Å². The highest BCUT2D eigenvalue weighted by molar-refractivity contribution is 6.15. The van der Waals surface area contributed by atoms with Crippen LogP contribution in [0.5, 0.6) is 5.75 Å². The van der Waals surface area contributed by atoms with Crippen molar-refractivity contribution in [2.24, 2.45) is 0 Å². The van der Waals surface area contributed by atoms with Gasteiger partial charge in [0.05, 0.1) is 32.7 Å². The van der Waals surface area contributed by atoms with Gasteiger partial charge in [-0.05, 0) is 74.8 Å². The van der Waals surface area contributed by atoms with Crippen molar-refractivity contribution in [3.63, 3.8) is 0 Å². The summed E-state index contributed by atoms with van der Waals surface area (Å²) in [6, 6.07) is 21.1. The fraction of sp³-hybridized carbons (Fsp3) is 0.111. The van der Waals surface area contributed by atoms with Crippen LogP contribution in [0.1, 0.15) is 16.7 Å². The Morgan fingerprint density at radius 3 is 1.92 bits per heavy atom. The molecule has 0 bridgehead atoms. The van der Waals surface area contributed by atoms with Gasteiger partial charge < -0.3 is 5.11 Å². The van der Waals surface area contributed by atoms with E-state index < -0.39 is 37.6 Å². The number of aryl methyl sites for hydroxylation is 3. The van der Waals surface area contributed by atoms with Gasteiger partial charge in [-0.25, -0.2) is 0 Å². The summed E-state index contributed by atoms with van der Waals surface area (Å²) in [5.74, 6) is -1.46. The first-order chi connectivity index (χ1) is 17.7. The number of fused-ring (bicyclic) bond motifs is 4. The molecular weight excluding hydrogens is 478 g/mol. The van der Waals surface area contributed by atoms with Crippen molar-refractivity contribution in [2.75, 3.05) is 0 Å². The van der Waals surface area contributed by atoms with Crippen LogP contribution in [0, 0.1) is 37.3 Å². The number of benzene rings is 5. The highest BCUT2D eigenvalue weighted by atomic mass is 16.6. The van der Waals surface area contributed by atoms with E-state index in [0.29, 0.717) is 12.1 Å². The number of nitrogens with zero attached hydrogens (tertiary/aromatic N) is 3. The summed E-state index contributed by atoms with van der Waals surface area (Å²) in [6.07, 6.45) is 2.39. The minimum atomic E-state index is -1.46. The number of rotatable bonds is 3. The van der Waals surface area contributed by atoms with Crippen molar-refractivity contribution in [3.05, 3.63) is 114 Å². The Morgan fingerprint density at radius 1 is 0.649 bits per heavy atom. The Balaban J connectivity index is 0.000000159. The SMILES string of the molecule is Cc1ccc2cc3c(ccc4ccccc43)c3c2c1CC3.O=[N+]([O-])c1cc([N+](=O)[O-])c([O-])c([N+](=O)[O-])c1. The quantitative estimate of drug-likeness (QED) is 0.128. The zero-order chi connectivity index (χ0) is 26.4. The molecule has 6 rings (SSSR count). The minimum absolute atomic E-state index is 0.384. The predicted octanol–water partition coefficient (Wildman–Crippen LogP) is 6.04. The van der Waals surface area contributed by atoms with Crippen molar-refractivity contribution in [3.8, 4) is 5.75 Å². The van der Waals surface area contributed by atoms with E-state index in [1.165, 1.54) is 50.7 Å². The molecule has 184 valence electrons. The zero-order valence-electron chi connectivity index (χ0n) is 19.5. The van der Waals surface area contributed by atoms with E-state index >= 15 is 0 Å². The van der Waals surface area contributed by atoms with Crippen LogP contribution in [0.15, 0.2) is 66.7 Å². The Kier molecular flexibility index (Phi) is 5.63. The summed E-state index contributed by atoms with van der Waals surface area (Å²) >= 11 is 0. The first kappa shape index (κ1) is 23.6. The monoisotopic (exact) mass is 496 g/mol. The van der Waals surface area contributed by atoms with Gasteiger partial charge in [0.1, 0.15) is 0 Å². The molecule has 0 amide bonds. The molecule has 0 unspecified atom stereocenters. The lowest BCUT2D eigenvalue weighted by molar-refractivity contribution is -0.420. The lowest BCUT2D eigenvalue weighted by atomic mass is 9.93. The molecule has 10 nitrogen and oxygen atoms in total. The summed E-state index contributed by atoms with van der Waals surface area (Å²) in [6.45, 7) is 2.24. The number of non-ortho nitro benzene ring substituents is 1. The summed E-state index contributed by atoms with van der Waals surface area (Å²) in [4.78, 5) is 27.5. The fourth-order valence-corrected chi connectivity index (χ4v) is 5.04. The van der Waals surface area contributed by atoms with Crippen LogP contribution in [0.2, 0.25) is 0 Å². The molecule has 37 heavy (non-hydrogen) atoms. The third-order valence-electron chi connectivity index (χ3n) is 6.74. The largest absolute Gasteiger partial charge is 0.863 e.